The van der Waals surface area contributed by atoms with Crippen LogP contribution >= 0.6 is 0 Å². The van der Waals surface area contributed by atoms with Gasteiger partial charge in [0.15, 0.2) is 11.6 Å². The number of benzene rings is 2. The Morgan fingerprint density at radius 3 is 2.44 bits per heavy atom. The molecule has 2 aromatic carbocycles. The lowest BCUT2D eigenvalue weighted by Crippen LogP contribution is -2.32. The van der Waals surface area contributed by atoms with E-state index in [1.807, 2.05) is 6.92 Å². The van der Waals surface area contributed by atoms with Crippen LogP contribution in [0.3, 0.4) is 0 Å². The minimum Gasteiger partial charge on any atom is -0.494 e. The van der Waals surface area contributed by atoms with E-state index in [0.29, 0.717) is 23.5 Å². The van der Waals surface area contributed by atoms with Gasteiger partial charge in [-0.1, -0.05) is 18.2 Å². The van der Waals surface area contributed by atoms with Gasteiger partial charge in [-0.25, -0.2) is 8.78 Å². The van der Waals surface area contributed by atoms with Crippen LogP contribution in [0.2, 0.25) is 0 Å². The Hall–Kier alpha value is -4.07. The van der Waals surface area contributed by atoms with Gasteiger partial charge in [0.1, 0.15) is 11.4 Å². The first-order valence-electron chi connectivity index (χ1n) is 9.92. The maximum atomic E-state index is 13.7. The first-order valence-corrected chi connectivity index (χ1v) is 9.92. The molecule has 1 aliphatic rings. The number of carbonyl (C=O) groups is 2. The van der Waals surface area contributed by atoms with Gasteiger partial charge in [-0.05, 0) is 48.4 Å². The Balaban J connectivity index is 1.73. The quantitative estimate of drug-likeness (QED) is 0.565. The predicted molar refractivity (Wildman–Crippen MR) is 114 cm³/mol. The summed E-state index contributed by atoms with van der Waals surface area (Å²) in [6, 6.07) is 13.4. The Morgan fingerprint density at radius 1 is 1.00 bits per heavy atom. The van der Waals surface area contributed by atoms with Gasteiger partial charge in [-0.3, -0.25) is 19.5 Å². The molecule has 0 fully saturated rings. The molecular formula is C24H19F2N3O3. The van der Waals surface area contributed by atoms with Crippen molar-refractivity contribution in [2.24, 2.45) is 0 Å². The molecule has 1 aliphatic heterocycles. The number of ether oxygens (including phenoxy) is 1. The highest BCUT2D eigenvalue weighted by Crippen LogP contribution is 2.32. The Kier molecular flexibility index (Phi) is 5.93. The fourth-order valence-corrected chi connectivity index (χ4v) is 3.38. The van der Waals surface area contributed by atoms with Crippen LogP contribution in [0, 0.1) is 11.6 Å². The molecule has 1 N–H and O–H groups in total. The SMILES string of the molecule is CCOc1ccc(C2=C(Nc3ccc(F)c(F)c3)C(=O)N(Cc3cccnc3)C2=O)cc1. The maximum absolute atomic E-state index is 13.7. The molecule has 0 radical (unpaired) electrons. The molecule has 8 heteroatoms. The van der Waals surface area contributed by atoms with Crippen molar-refractivity contribution >= 4 is 23.1 Å². The number of carbonyl (C=O) groups excluding carboxylic acids is 2. The predicted octanol–water partition coefficient (Wildman–Crippen LogP) is 4.15. The highest BCUT2D eigenvalue weighted by atomic mass is 19.2. The minimum atomic E-state index is -1.07. The van der Waals surface area contributed by atoms with Crippen molar-refractivity contribution < 1.29 is 23.1 Å². The maximum Gasteiger partial charge on any atom is 0.278 e. The van der Waals surface area contributed by atoms with Crippen LogP contribution in [0.1, 0.15) is 18.1 Å². The normalized spacial score (nSPS) is 13.7. The molecule has 6 nitrogen and oxygen atoms in total. The molecule has 0 unspecified atom stereocenters. The number of nitrogens with one attached hydrogen (secondary N) is 1. The topological polar surface area (TPSA) is 71.5 Å². The van der Waals surface area contributed by atoms with Crippen molar-refractivity contribution in [3.05, 3.63) is 95.4 Å². The highest BCUT2D eigenvalue weighted by molar-refractivity contribution is 6.36. The summed E-state index contributed by atoms with van der Waals surface area (Å²) in [6.45, 7) is 2.37. The fourth-order valence-electron chi connectivity index (χ4n) is 3.38. The van der Waals surface area contributed by atoms with Gasteiger partial charge in [0.05, 0.1) is 18.7 Å². The smallest absolute Gasteiger partial charge is 0.278 e. The number of hydrogen-bond donors (Lipinski definition) is 1. The minimum absolute atomic E-state index is 0.0194. The van der Waals surface area contributed by atoms with E-state index in [2.05, 4.69) is 10.3 Å². The second kappa shape index (κ2) is 8.97. The molecule has 0 saturated heterocycles. The average Bonchev–Trinajstić information content (AvgIpc) is 3.02. The molecule has 162 valence electrons. The second-order valence-electron chi connectivity index (χ2n) is 7.02. The lowest BCUT2D eigenvalue weighted by molar-refractivity contribution is -0.137. The number of anilines is 1. The summed E-state index contributed by atoms with van der Waals surface area (Å²) in [7, 11) is 0. The van der Waals surface area contributed by atoms with Crippen LogP contribution in [0.5, 0.6) is 5.75 Å². The third kappa shape index (κ3) is 4.20. The van der Waals surface area contributed by atoms with Crippen molar-refractivity contribution in [1.29, 1.82) is 0 Å². The van der Waals surface area contributed by atoms with E-state index in [1.165, 1.54) is 6.07 Å². The van der Waals surface area contributed by atoms with Gasteiger partial charge >= 0.3 is 0 Å². The number of rotatable bonds is 7. The molecular weight excluding hydrogens is 416 g/mol. The van der Waals surface area contributed by atoms with E-state index < -0.39 is 23.4 Å². The number of hydrogen-bond acceptors (Lipinski definition) is 5. The number of amides is 2. The van der Waals surface area contributed by atoms with Crippen molar-refractivity contribution in [1.82, 2.24) is 9.88 Å². The molecule has 3 aromatic rings. The summed E-state index contributed by atoms with van der Waals surface area (Å²) >= 11 is 0. The average molecular weight is 435 g/mol. The van der Waals surface area contributed by atoms with Crippen molar-refractivity contribution in [3.8, 4) is 5.75 Å². The molecule has 0 spiro atoms. The van der Waals surface area contributed by atoms with Crippen LogP contribution in [-0.2, 0) is 16.1 Å². The van der Waals surface area contributed by atoms with Gasteiger partial charge in [-0.2, -0.15) is 0 Å². The third-order valence-electron chi connectivity index (χ3n) is 4.87. The zero-order chi connectivity index (χ0) is 22.7. The molecule has 1 aromatic heterocycles. The molecule has 0 saturated carbocycles. The zero-order valence-corrected chi connectivity index (χ0v) is 17.1. The van der Waals surface area contributed by atoms with Crippen LogP contribution in [-0.4, -0.2) is 28.3 Å². The standard InChI is InChI=1S/C24H19F2N3O3/c1-2-32-18-8-5-16(6-9-18)21-22(28-17-7-10-19(25)20(26)12-17)24(31)29(23(21)30)14-15-4-3-11-27-13-15/h3-13,28H,2,14H2,1H3. The van der Waals surface area contributed by atoms with E-state index in [4.69, 9.17) is 4.74 Å². The first-order chi connectivity index (χ1) is 15.5. The monoisotopic (exact) mass is 435 g/mol. The van der Waals surface area contributed by atoms with E-state index in [-0.39, 0.29) is 23.5 Å². The zero-order valence-electron chi connectivity index (χ0n) is 17.1. The van der Waals surface area contributed by atoms with Crippen LogP contribution < -0.4 is 10.1 Å². The Labute approximate surface area is 183 Å². The molecule has 0 bridgehead atoms. The third-order valence-corrected chi connectivity index (χ3v) is 4.87. The summed E-state index contributed by atoms with van der Waals surface area (Å²) in [4.78, 5) is 31.6. The van der Waals surface area contributed by atoms with Gasteiger partial charge in [-0.15, -0.1) is 0 Å². The number of imide groups is 1. The number of nitrogens with zero attached hydrogens (tertiary/aromatic N) is 2. The largest absolute Gasteiger partial charge is 0.494 e. The molecule has 2 amide bonds. The molecule has 4 rings (SSSR count). The van der Waals surface area contributed by atoms with Crippen molar-refractivity contribution in [2.75, 3.05) is 11.9 Å². The van der Waals surface area contributed by atoms with Gasteiger partial charge in [0, 0.05) is 24.1 Å². The number of halogens is 2. The van der Waals surface area contributed by atoms with E-state index >= 15 is 0 Å². The molecule has 0 atom stereocenters. The molecule has 2 heterocycles. The first kappa shape index (κ1) is 21.2. The van der Waals surface area contributed by atoms with E-state index in [1.54, 1.807) is 48.8 Å². The lowest BCUT2D eigenvalue weighted by atomic mass is 10.0. The van der Waals surface area contributed by atoms with Gasteiger partial charge < -0.3 is 10.1 Å². The summed E-state index contributed by atoms with van der Waals surface area (Å²) in [6.07, 6.45) is 3.16. The van der Waals surface area contributed by atoms with Crippen LogP contribution in [0.4, 0.5) is 14.5 Å². The second-order valence-corrected chi connectivity index (χ2v) is 7.02. The number of pyridine rings is 1. The summed E-state index contributed by atoms with van der Waals surface area (Å²) in [5.74, 6) is -2.54. The molecule has 0 aliphatic carbocycles. The highest BCUT2D eigenvalue weighted by Gasteiger charge is 2.39. The van der Waals surface area contributed by atoms with Crippen LogP contribution in [0.15, 0.2) is 72.7 Å². The van der Waals surface area contributed by atoms with E-state index in [9.17, 15) is 18.4 Å². The summed E-state index contributed by atoms with van der Waals surface area (Å²) in [5.41, 5.74) is 1.42. The lowest BCUT2D eigenvalue weighted by Gasteiger charge is -2.15. The van der Waals surface area contributed by atoms with Crippen molar-refractivity contribution in [3.63, 3.8) is 0 Å². The summed E-state index contributed by atoms with van der Waals surface area (Å²) in [5, 5.41) is 2.81. The summed E-state index contributed by atoms with van der Waals surface area (Å²) < 4.78 is 32.5. The van der Waals surface area contributed by atoms with Crippen molar-refractivity contribution in [2.45, 2.75) is 13.5 Å². The van der Waals surface area contributed by atoms with Crippen LogP contribution in [0.25, 0.3) is 5.57 Å². The van der Waals surface area contributed by atoms with Gasteiger partial charge in [0.2, 0.25) is 0 Å². The van der Waals surface area contributed by atoms with E-state index in [0.717, 1.165) is 17.0 Å². The Bertz CT molecular complexity index is 1190. The number of aromatic nitrogens is 1. The fraction of sp³-hybridized carbons (Fsp3) is 0.125. The van der Waals surface area contributed by atoms with Gasteiger partial charge in [0.25, 0.3) is 11.8 Å². The Morgan fingerprint density at radius 2 is 1.78 bits per heavy atom. The molecule has 32 heavy (non-hydrogen) atoms.